The van der Waals surface area contributed by atoms with Crippen molar-refractivity contribution in [3.8, 4) is 0 Å². The van der Waals surface area contributed by atoms with Gasteiger partial charge in [-0.25, -0.2) is 0 Å². The highest BCUT2D eigenvalue weighted by atomic mass is 35.5. The molecule has 3 nitrogen and oxygen atoms in total. The van der Waals surface area contributed by atoms with E-state index in [-0.39, 0.29) is 11.4 Å². The van der Waals surface area contributed by atoms with Gasteiger partial charge >= 0.3 is 0 Å². The largest absolute Gasteiger partial charge is 0.326 e. The standard InChI is InChI=1S/C13H19ClN2O/c1-9-4-5-10(14)8-11(9)16-12(17)6-7-13(2,3)15/h4-5,8H,6-7,15H2,1-3H3,(H,16,17). The van der Waals surface area contributed by atoms with E-state index in [0.29, 0.717) is 17.9 Å². The molecule has 0 aliphatic rings. The summed E-state index contributed by atoms with van der Waals surface area (Å²) in [6.45, 7) is 5.74. The summed E-state index contributed by atoms with van der Waals surface area (Å²) in [6.07, 6.45) is 1.06. The lowest BCUT2D eigenvalue weighted by Crippen LogP contribution is -2.33. The lowest BCUT2D eigenvalue weighted by atomic mass is 10.00. The fraction of sp³-hybridized carbons (Fsp3) is 0.462. The fourth-order valence-corrected chi connectivity index (χ4v) is 1.55. The highest BCUT2D eigenvalue weighted by molar-refractivity contribution is 6.31. The van der Waals surface area contributed by atoms with E-state index in [0.717, 1.165) is 11.3 Å². The molecule has 3 N–H and O–H groups in total. The number of amides is 1. The third-order valence-electron chi connectivity index (χ3n) is 2.47. The Morgan fingerprint density at radius 3 is 2.71 bits per heavy atom. The lowest BCUT2D eigenvalue weighted by Gasteiger charge is -2.17. The minimum atomic E-state index is -0.319. The maximum atomic E-state index is 11.7. The van der Waals surface area contributed by atoms with Crippen molar-refractivity contribution in [1.29, 1.82) is 0 Å². The highest BCUT2D eigenvalue weighted by Crippen LogP contribution is 2.20. The molecule has 94 valence electrons. The average Bonchev–Trinajstić information content (AvgIpc) is 2.20. The predicted octanol–water partition coefficient (Wildman–Crippen LogP) is 3.10. The molecule has 0 aliphatic heterocycles. The van der Waals surface area contributed by atoms with Gasteiger partial charge in [-0.05, 0) is 44.9 Å². The molecule has 0 spiro atoms. The Hall–Kier alpha value is -1.06. The Morgan fingerprint density at radius 1 is 1.47 bits per heavy atom. The van der Waals surface area contributed by atoms with Crippen molar-refractivity contribution >= 4 is 23.2 Å². The van der Waals surface area contributed by atoms with E-state index in [1.54, 1.807) is 12.1 Å². The molecule has 1 aromatic rings. The van der Waals surface area contributed by atoms with Crippen LogP contribution in [0, 0.1) is 6.92 Å². The van der Waals surface area contributed by atoms with Crippen molar-refractivity contribution < 1.29 is 4.79 Å². The third kappa shape index (κ3) is 5.20. The van der Waals surface area contributed by atoms with Crippen LogP contribution in [-0.4, -0.2) is 11.4 Å². The summed E-state index contributed by atoms with van der Waals surface area (Å²) in [6, 6.07) is 5.43. The Kier molecular flexibility index (Phi) is 4.54. The maximum Gasteiger partial charge on any atom is 0.224 e. The first kappa shape index (κ1) is 14.0. The zero-order chi connectivity index (χ0) is 13.1. The Labute approximate surface area is 107 Å². The summed E-state index contributed by atoms with van der Waals surface area (Å²) in [5.74, 6) is -0.0334. The first-order chi connectivity index (χ1) is 7.78. The van der Waals surface area contributed by atoms with Gasteiger partial charge in [0.1, 0.15) is 0 Å². The molecule has 0 atom stereocenters. The SMILES string of the molecule is Cc1ccc(Cl)cc1NC(=O)CCC(C)(C)N. The van der Waals surface area contributed by atoms with E-state index in [1.807, 2.05) is 26.8 Å². The molecule has 0 aromatic heterocycles. The molecule has 0 bridgehead atoms. The van der Waals surface area contributed by atoms with Crippen molar-refractivity contribution in [2.75, 3.05) is 5.32 Å². The van der Waals surface area contributed by atoms with Crippen molar-refractivity contribution in [3.05, 3.63) is 28.8 Å². The van der Waals surface area contributed by atoms with Crippen molar-refractivity contribution in [3.63, 3.8) is 0 Å². The maximum absolute atomic E-state index is 11.7. The quantitative estimate of drug-likeness (QED) is 0.868. The van der Waals surface area contributed by atoms with Gasteiger partial charge in [0.15, 0.2) is 0 Å². The van der Waals surface area contributed by atoms with E-state index in [2.05, 4.69) is 5.32 Å². The Bertz CT molecular complexity index is 410. The molecule has 1 amide bonds. The number of anilines is 1. The molecule has 4 heteroatoms. The molecule has 0 aliphatic carbocycles. The molecule has 0 saturated heterocycles. The molecule has 0 unspecified atom stereocenters. The monoisotopic (exact) mass is 254 g/mol. The summed E-state index contributed by atoms with van der Waals surface area (Å²) in [5.41, 5.74) is 7.27. The number of hydrogen-bond donors (Lipinski definition) is 2. The van der Waals surface area contributed by atoms with Gasteiger partial charge < -0.3 is 11.1 Å². The van der Waals surface area contributed by atoms with E-state index in [4.69, 9.17) is 17.3 Å². The number of benzene rings is 1. The van der Waals surface area contributed by atoms with Crippen LogP contribution in [-0.2, 0) is 4.79 Å². The predicted molar refractivity (Wildman–Crippen MR) is 72.3 cm³/mol. The normalized spacial score (nSPS) is 11.4. The zero-order valence-corrected chi connectivity index (χ0v) is 11.3. The average molecular weight is 255 g/mol. The van der Waals surface area contributed by atoms with Crippen LogP contribution in [0.3, 0.4) is 0 Å². The van der Waals surface area contributed by atoms with Crippen molar-refractivity contribution in [2.24, 2.45) is 5.73 Å². The van der Waals surface area contributed by atoms with Crippen LogP contribution < -0.4 is 11.1 Å². The highest BCUT2D eigenvalue weighted by Gasteiger charge is 2.13. The fourth-order valence-electron chi connectivity index (χ4n) is 1.38. The molecular weight excluding hydrogens is 236 g/mol. The lowest BCUT2D eigenvalue weighted by molar-refractivity contribution is -0.116. The van der Waals surface area contributed by atoms with Gasteiger partial charge in [-0.1, -0.05) is 17.7 Å². The second-order valence-electron chi connectivity index (χ2n) is 5.00. The van der Waals surface area contributed by atoms with Crippen LogP contribution in [0.5, 0.6) is 0 Å². The van der Waals surface area contributed by atoms with E-state index < -0.39 is 0 Å². The first-order valence-electron chi connectivity index (χ1n) is 5.63. The molecular formula is C13H19ClN2O. The second kappa shape index (κ2) is 5.52. The van der Waals surface area contributed by atoms with Crippen LogP contribution in [0.25, 0.3) is 0 Å². The first-order valence-corrected chi connectivity index (χ1v) is 6.00. The summed E-state index contributed by atoms with van der Waals surface area (Å²) >= 11 is 5.88. The number of nitrogens with two attached hydrogens (primary N) is 1. The summed E-state index contributed by atoms with van der Waals surface area (Å²) in [5, 5.41) is 3.46. The molecule has 0 saturated carbocycles. The van der Waals surface area contributed by atoms with E-state index in [9.17, 15) is 4.79 Å². The number of hydrogen-bond acceptors (Lipinski definition) is 2. The Morgan fingerprint density at radius 2 is 2.12 bits per heavy atom. The zero-order valence-electron chi connectivity index (χ0n) is 10.5. The van der Waals surface area contributed by atoms with Gasteiger partial charge in [-0.3, -0.25) is 4.79 Å². The van der Waals surface area contributed by atoms with Gasteiger partial charge in [-0.15, -0.1) is 0 Å². The summed E-state index contributed by atoms with van der Waals surface area (Å²) in [7, 11) is 0. The van der Waals surface area contributed by atoms with Crippen LogP contribution >= 0.6 is 11.6 Å². The van der Waals surface area contributed by atoms with Crippen LogP contribution in [0.4, 0.5) is 5.69 Å². The van der Waals surface area contributed by atoms with Crippen molar-refractivity contribution in [1.82, 2.24) is 0 Å². The van der Waals surface area contributed by atoms with E-state index in [1.165, 1.54) is 0 Å². The number of carbonyl (C=O) groups is 1. The smallest absolute Gasteiger partial charge is 0.224 e. The molecule has 0 heterocycles. The van der Waals surface area contributed by atoms with Gasteiger partial charge in [0.2, 0.25) is 5.91 Å². The number of carbonyl (C=O) groups excluding carboxylic acids is 1. The van der Waals surface area contributed by atoms with Gasteiger partial charge in [0.05, 0.1) is 0 Å². The van der Waals surface area contributed by atoms with Crippen LogP contribution in [0.15, 0.2) is 18.2 Å². The third-order valence-corrected chi connectivity index (χ3v) is 2.71. The van der Waals surface area contributed by atoms with E-state index >= 15 is 0 Å². The number of aryl methyl sites for hydroxylation is 1. The summed E-state index contributed by atoms with van der Waals surface area (Å²) < 4.78 is 0. The minimum absolute atomic E-state index is 0.0334. The minimum Gasteiger partial charge on any atom is -0.326 e. The van der Waals surface area contributed by atoms with Gasteiger partial charge in [0, 0.05) is 22.7 Å². The van der Waals surface area contributed by atoms with Gasteiger partial charge in [-0.2, -0.15) is 0 Å². The molecule has 1 rings (SSSR count). The Balaban J connectivity index is 2.59. The molecule has 1 aromatic carbocycles. The molecule has 17 heavy (non-hydrogen) atoms. The van der Waals surface area contributed by atoms with Crippen molar-refractivity contribution in [2.45, 2.75) is 39.2 Å². The topological polar surface area (TPSA) is 55.1 Å². The van der Waals surface area contributed by atoms with Crippen LogP contribution in [0.1, 0.15) is 32.3 Å². The molecule has 0 radical (unpaired) electrons. The van der Waals surface area contributed by atoms with Crippen LogP contribution in [0.2, 0.25) is 5.02 Å². The number of rotatable bonds is 4. The van der Waals surface area contributed by atoms with Gasteiger partial charge in [0.25, 0.3) is 0 Å². The second-order valence-corrected chi connectivity index (χ2v) is 5.43. The summed E-state index contributed by atoms with van der Waals surface area (Å²) in [4.78, 5) is 11.7. The number of nitrogens with one attached hydrogen (secondary N) is 1. The molecule has 0 fully saturated rings. The number of halogens is 1.